The fourth-order valence-electron chi connectivity index (χ4n) is 2.43. The van der Waals surface area contributed by atoms with Gasteiger partial charge in [0.25, 0.3) is 0 Å². The minimum Gasteiger partial charge on any atom is -0.370 e. The predicted molar refractivity (Wildman–Crippen MR) is 72.6 cm³/mol. The van der Waals surface area contributed by atoms with Crippen molar-refractivity contribution in [3.8, 4) is 0 Å². The van der Waals surface area contributed by atoms with E-state index in [2.05, 4.69) is 30.9 Å². The standard InChI is InChI=1S/C14H25N3O2/c1-5-18-11(13(2,3)4)12-16-10(19-17-12)9-14(15)7-6-8-14/h11H,5-9,15H2,1-4H3. The van der Waals surface area contributed by atoms with Gasteiger partial charge >= 0.3 is 0 Å². The van der Waals surface area contributed by atoms with Gasteiger partial charge < -0.3 is 15.0 Å². The molecule has 0 aliphatic heterocycles. The highest BCUT2D eigenvalue weighted by molar-refractivity contribution is 5.03. The Bertz CT molecular complexity index is 419. The fourth-order valence-corrected chi connectivity index (χ4v) is 2.43. The molecule has 2 rings (SSSR count). The van der Waals surface area contributed by atoms with Crippen LogP contribution in [-0.2, 0) is 11.2 Å². The lowest BCUT2D eigenvalue weighted by atomic mass is 9.75. The van der Waals surface area contributed by atoms with Crippen molar-refractivity contribution in [3.63, 3.8) is 0 Å². The van der Waals surface area contributed by atoms with Crippen molar-refractivity contribution in [2.75, 3.05) is 6.61 Å². The molecule has 19 heavy (non-hydrogen) atoms. The average Bonchev–Trinajstić information content (AvgIpc) is 2.70. The molecule has 1 heterocycles. The molecule has 0 amide bonds. The minimum absolute atomic E-state index is 0.0615. The van der Waals surface area contributed by atoms with Crippen molar-refractivity contribution in [1.82, 2.24) is 10.1 Å². The van der Waals surface area contributed by atoms with E-state index in [1.165, 1.54) is 6.42 Å². The normalized spacial score (nSPS) is 20.1. The van der Waals surface area contributed by atoms with Gasteiger partial charge in [0.1, 0.15) is 6.10 Å². The van der Waals surface area contributed by atoms with Gasteiger partial charge in [-0.3, -0.25) is 0 Å². The van der Waals surface area contributed by atoms with E-state index < -0.39 is 0 Å². The first-order chi connectivity index (χ1) is 8.84. The Morgan fingerprint density at radius 1 is 1.42 bits per heavy atom. The summed E-state index contributed by atoms with van der Waals surface area (Å²) in [5.74, 6) is 1.26. The van der Waals surface area contributed by atoms with E-state index in [1.54, 1.807) is 0 Å². The molecule has 1 aromatic heterocycles. The molecule has 0 spiro atoms. The van der Waals surface area contributed by atoms with Crippen molar-refractivity contribution in [2.45, 2.75) is 65.0 Å². The van der Waals surface area contributed by atoms with E-state index in [0.29, 0.717) is 24.7 Å². The first kappa shape index (κ1) is 14.5. The predicted octanol–water partition coefficient (Wildman–Crippen LogP) is 2.62. The van der Waals surface area contributed by atoms with Crippen LogP contribution in [0.5, 0.6) is 0 Å². The van der Waals surface area contributed by atoms with Crippen LogP contribution in [0.4, 0.5) is 0 Å². The Morgan fingerprint density at radius 2 is 2.11 bits per heavy atom. The first-order valence-corrected chi connectivity index (χ1v) is 7.07. The van der Waals surface area contributed by atoms with Crippen LogP contribution < -0.4 is 5.73 Å². The van der Waals surface area contributed by atoms with Gasteiger partial charge in [-0.2, -0.15) is 4.98 Å². The average molecular weight is 267 g/mol. The zero-order valence-corrected chi connectivity index (χ0v) is 12.4. The summed E-state index contributed by atoms with van der Waals surface area (Å²) in [5.41, 5.74) is 6.01. The van der Waals surface area contributed by atoms with Gasteiger partial charge in [-0.1, -0.05) is 25.9 Å². The highest BCUT2D eigenvalue weighted by Gasteiger charge is 2.36. The first-order valence-electron chi connectivity index (χ1n) is 7.07. The Morgan fingerprint density at radius 3 is 2.58 bits per heavy atom. The van der Waals surface area contributed by atoms with Gasteiger partial charge in [0.15, 0.2) is 0 Å². The van der Waals surface area contributed by atoms with Crippen LogP contribution in [0.2, 0.25) is 0 Å². The number of rotatable bonds is 5. The van der Waals surface area contributed by atoms with E-state index in [9.17, 15) is 0 Å². The van der Waals surface area contributed by atoms with Crippen LogP contribution in [0.3, 0.4) is 0 Å². The van der Waals surface area contributed by atoms with Gasteiger partial charge in [-0.25, -0.2) is 0 Å². The molecule has 108 valence electrons. The molecule has 0 bridgehead atoms. The number of nitrogens with zero attached hydrogens (tertiary/aromatic N) is 2. The monoisotopic (exact) mass is 267 g/mol. The Hall–Kier alpha value is -0.940. The summed E-state index contributed by atoms with van der Waals surface area (Å²) in [5, 5.41) is 4.08. The van der Waals surface area contributed by atoms with E-state index in [0.717, 1.165) is 12.8 Å². The van der Waals surface area contributed by atoms with Crippen LogP contribution in [-0.4, -0.2) is 22.3 Å². The number of aromatic nitrogens is 2. The number of nitrogens with two attached hydrogens (primary N) is 1. The smallest absolute Gasteiger partial charge is 0.228 e. The van der Waals surface area contributed by atoms with Crippen LogP contribution in [0, 0.1) is 5.41 Å². The molecule has 1 saturated carbocycles. The van der Waals surface area contributed by atoms with Crippen molar-refractivity contribution in [2.24, 2.45) is 11.1 Å². The summed E-state index contributed by atoms with van der Waals surface area (Å²) >= 11 is 0. The van der Waals surface area contributed by atoms with Gasteiger partial charge in [0, 0.05) is 18.6 Å². The summed E-state index contributed by atoms with van der Waals surface area (Å²) in [6, 6.07) is 0. The van der Waals surface area contributed by atoms with Gasteiger partial charge in [-0.05, 0) is 31.6 Å². The Kier molecular flexibility index (Phi) is 3.97. The molecule has 1 fully saturated rings. The molecule has 1 aromatic rings. The Balaban J connectivity index is 2.09. The summed E-state index contributed by atoms with van der Waals surface area (Å²) in [6.07, 6.45) is 3.80. The van der Waals surface area contributed by atoms with Crippen LogP contribution in [0.25, 0.3) is 0 Å². The third-order valence-electron chi connectivity index (χ3n) is 3.69. The SMILES string of the molecule is CCOC(c1noc(CC2(N)CCC2)n1)C(C)(C)C. The van der Waals surface area contributed by atoms with Gasteiger partial charge in [-0.15, -0.1) is 0 Å². The fraction of sp³-hybridized carbons (Fsp3) is 0.857. The minimum atomic E-state index is -0.148. The Labute approximate surface area is 114 Å². The quantitative estimate of drug-likeness (QED) is 0.887. The lowest BCUT2D eigenvalue weighted by Crippen LogP contribution is -2.48. The number of ether oxygens (including phenoxy) is 1. The van der Waals surface area contributed by atoms with Crippen LogP contribution >= 0.6 is 0 Å². The zero-order chi connectivity index (χ0) is 14.1. The molecule has 5 nitrogen and oxygen atoms in total. The highest BCUT2D eigenvalue weighted by atomic mass is 16.5. The molecule has 1 aliphatic rings. The summed E-state index contributed by atoms with van der Waals surface area (Å²) < 4.78 is 11.1. The highest BCUT2D eigenvalue weighted by Crippen LogP contribution is 2.36. The number of hydrogen-bond donors (Lipinski definition) is 1. The molecule has 5 heteroatoms. The second kappa shape index (κ2) is 5.21. The molecular weight excluding hydrogens is 242 g/mol. The molecular formula is C14H25N3O2. The van der Waals surface area contributed by atoms with E-state index >= 15 is 0 Å². The van der Waals surface area contributed by atoms with Crippen molar-refractivity contribution >= 4 is 0 Å². The number of hydrogen-bond acceptors (Lipinski definition) is 5. The second-order valence-corrected chi connectivity index (χ2v) is 6.64. The van der Waals surface area contributed by atoms with E-state index in [-0.39, 0.29) is 17.1 Å². The van der Waals surface area contributed by atoms with Crippen LogP contribution in [0.1, 0.15) is 64.8 Å². The van der Waals surface area contributed by atoms with Crippen molar-refractivity contribution < 1.29 is 9.26 Å². The zero-order valence-electron chi connectivity index (χ0n) is 12.4. The molecule has 2 N–H and O–H groups in total. The second-order valence-electron chi connectivity index (χ2n) is 6.64. The largest absolute Gasteiger partial charge is 0.370 e. The third-order valence-corrected chi connectivity index (χ3v) is 3.69. The van der Waals surface area contributed by atoms with Gasteiger partial charge in [0.05, 0.1) is 0 Å². The summed E-state index contributed by atoms with van der Waals surface area (Å²) in [7, 11) is 0. The third kappa shape index (κ3) is 3.34. The maximum atomic E-state index is 6.21. The maximum Gasteiger partial charge on any atom is 0.228 e. The van der Waals surface area contributed by atoms with Crippen LogP contribution in [0.15, 0.2) is 4.52 Å². The molecule has 0 aromatic carbocycles. The molecule has 0 radical (unpaired) electrons. The molecule has 1 unspecified atom stereocenters. The molecule has 1 atom stereocenters. The van der Waals surface area contributed by atoms with Crippen molar-refractivity contribution in [1.29, 1.82) is 0 Å². The topological polar surface area (TPSA) is 74.2 Å². The van der Waals surface area contributed by atoms with E-state index in [4.69, 9.17) is 15.0 Å². The molecule has 0 saturated heterocycles. The lowest BCUT2D eigenvalue weighted by molar-refractivity contribution is -0.0203. The van der Waals surface area contributed by atoms with Crippen molar-refractivity contribution in [3.05, 3.63) is 11.7 Å². The lowest BCUT2D eigenvalue weighted by Gasteiger charge is -2.36. The summed E-state index contributed by atoms with van der Waals surface area (Å²) in [6.45, 7) is 8.94. The maximum absolute atomic E-state index is 6.21. The summed E-state index contributed by atoms with van der Waals surface area (Å²) in [4.78, 5) is 4.48. The van der Waals surface area contributed by atoms with Gasteiger partial charge in [0.2, 0.25) is 11.7 Å². The molecule has 1 aliphatic carbocycles. The van der Waals surface area contributed by atoms with E-state index in [1.807, 2.05) is 6.92 Å².